The van der Waals surface area contributed by atoms with Crippen LogP contribution in [0, 0.1) is 11.6 Å². The summed E-state index contributed by atoms with van der Waals surface area (Å²) in [5, 5.41) is 2.93. The molecule has 0 unspecified atom stereocenters. The summed E-state index contributed by atoms with van der Waals surface area (Å²) in [5.41, 5.74) is 2.81. The summed E-state index contributed by atoms with van der Waals surface area (Å²) in [6, 6.07) is 9.10. The summed E-state index contributed by atoms with van der Waals surface area (Å²) in [6.07, 6.45) is 3.26. The maximum absolute atomic E-state index is 13.5. The van der Waals surface area contributed by atoms with Crippen molar-refractivity contribution in [3.63, 3.8) is 0 Å². The van der Waals surface area contributed by atoms with Gasteiger partial charge in [0.1, 0.15) is 11.6 Å². The number of rotatable bonds is 3. The standard InChI is InChI=1S/C15H11F2N3/c16-11-2-4-13(12(17)8-11)20-9-10-1-3-14-15(7-10)19-6-5-18-14/h1-8,20H,9H2. The lowest BCUT2D eigenvalue weighted by Gasteiger charge is -2.08. The molecule has 3 nitrogen and oxygen atoms in total. The van der Waals surface area contributed by atoms with E-state index < -0.39 is 11.6 Å². The van der Waals surface area contributed by atoms with Gasteiger partial charge in [-0.2, -0.15) is 0 Å². The fraction of sp³-hybridized carbons (Fsp3) is 0.0667. The molecule has 0 spiro atoms. The van der Waals surface area contributed by atoms with E-state index >= 15 is 0 Å². The van der Waals surface area contributed by atoms with Crippen molar-refractivity contribution in [1.29, 1.82) is 0 Å². The van der Waals surface area contributed by atoms with Crippen molar-refractivity contribution < 1.29 is 8.78 Å². The molecule has 0 fully saturated rings. The van der Waals surface area contributed by atoms with E-state index in [4.69, 9.17) is 0 Å². The van der Waals surface area contributed by atoms with Gasteiger partial charge in [-0.3, -0.25) is 9.97 Å². The Morgan fingerprint density at radius 1 is 0.900 bits per heavy atom. The Morgan fingerprint density at radius 3 is 2.50 bits per heavy atom. The molecule has 0 saturated heterocycles. The lowest BCUT2D eigenvalue weighted by atomic mass is 10.2. The van der Waals surface area contributed by atoms with Crippen molar-refractivity contribution >= 4 is 16.7 Å². The summed E-state index contributed by atoms with van der Waals surface area (Å²) in [7, 11) is 0. The molecule has 2 aromatic carbocycles. The quantitative estimate of drug-likeness (QED) is 0.792. The van der Waals surface area contributed by atoms with Crippen LogP contribution in [0.2, 0.25) is 0 Å². The van der Waals surface area contributed by atoms with E-state index in [1.54, 1.807) is 12.4 Å². The van der Waals surface area contributed by atoms with E-state index in [1.807, 2.05) is 18.2 Å². The van der Waals surface area contributed by atoms with Crippen molar-refractivity contribution in [1.82, 2.24) is 9.97 Å². The summed E-state index contributed by atoms with van der Waals surface area (Å²) < 4.78 is 26.3. The number of aromatic nitrogens is 2. The van der Waals surface area contributed by atoms with E-state index in [0.29, 0.717) is 6.54 Å². The average molecular weight is 271 g/mol. The maximum Gasteiger partial charge on any atom is 0.149 e. The normalized spacial score (nSPS) is 10.7. The molecule has 1 aromatic heterocycles. The number of hydrogen-bond acceptors (Lipinski definition) is 3. The molecular formula is C15H11F2N3. The van der Waals surface area contributed by atoms with Gasteiger partial charge >= 0.3 is 0 Å². The van der Waals surface area contributed by atoms with Crippen LogP contribution in [0.25, 0.3) is 11.0 Å². The first-order chi connectivity index (χ1) is 9.72. The molecule has 3 rings (SSSR count). The zero-order chi connectivity index (χ0) is 13.9. The van der Waals surface area contributed by atoms with Crippen molar-refractivity contribution in [2.75, 3.05) is 5.32 Å². The van der Waals surface area contributed by atoms with Gasteiger partial charge in [-0.05, 0) is 29.8 Å². The molecule has 1 N–H and O–H groups in total. The second-order valence-corrected chi connectivity index (χ2v) is 4.36. The van der Waals surface area contributed by atoms with Gasteiger partial charge in [-0.1, -0.05) is 6.07 Å². The molecule has 0 atom stereocenters. The molecule has 0 radical (unpaired) electrons. The predicted octanol–water partition coefficient (Wildman–Crippen LogP) is 3.52. The van der Waals surface area contributed by atoms with Gasteiger partial charge in [0.15, 0.2) is 0 Å². The van der Waals surface area contributed by atoms with Gasteiger partial charge in [0.25, 0.3) is 0 Å². The second kappa shape index (κ2) is 5.21. The summed E-state index contributed by atoms with van der Waals surface area (Å²) in [6.45, 7) is 0.426. The largest absolute Gasteiger partial charge is 0.379 e. The fourth-order valence-electron chi connectivity index (χ4n) is 1.95. The second-order valence-electron chi connectivity index (χ2n) is 4.36. The Labute approximate surface area is 114 Å². The molecule has 0 aliphatic heterocycles. The first-order valence-electron chi connectivity index (χ1n) is 6.11. The third-order valence-corrected chi connectivity index (χ3v) is 2.95. The van der Waals surface area contributed by atoms with Crippen molar-refractivity contribution in [2.45, 2.75) is 6.54 Å². The molecule has 0 bridgehead atoms. The fourth-order valence-corrected chi connectivity index (χ4v) is 1.95. The Kier molecular flexibility index (Phi) is 3.25. The highest BCUT2D eigenvalue weighted by Crippen LogP contribution is 2.17. The van der Waals surface area contributed by atoms with Crippen LogP contribution in [0.4, 0.5) is 14.5 Å². The molecule has 1 heterocycles. The number of benzene rings is 2. The predicted molar refractivity (Wildman–Crippen MR) is 73.2 cm³/mol. The summed E-state index contributed by atoms with van der Waals surface area (Å²) in [5.74, 6) is -1.19. The van der Waals surface area contributed by atoms with E-state index in [1.165, 1.54) is 12.1 Å². The number of nitrogens with zero attached hydrogens (tertiary/aromatic N) is 2. The van der Waals surface area contributed by atoms with Crippen LogP contribution in [-0.4, -0.2) is 9.97 Å². The minimum absolute atomic E-state index is 0.269. The first kappa shape index (κ1) is 12.5. The Bertz CT molecular complexity index is 759. The molecule has 0 amide bonds. The van der Waals surface area contributed by atoms with E-state index in [0.717, 1.165) is 22.7 Å². The molecule has 5 heteroatoms. The van der Waals surface area contributed by atoms with E-state index in [9.17, 15) is 8.78 Å². The molecule has 20 heavy (non-hydrogen) atoms. The summed E-state index contributed by atoms with van der Waals surface area (Å²) >= 11 is 0. The van der Waals surface area contributed by atoms with E-state index in [2.05, 4.69) is 15.3 Å². The highest BCUT2D eigenvalue weighted by molar-refractivity contribution is 5.74. The number of nitrogens with one attached hydrogen (secondary N) is 1. The van der Waals surface area contributed by atoms with Gasteiger partial charge in [-0.25, -0.2) is 8.78 Å². The van der Waals surface area contributed by atoms with Crippen LogP contribution in [-0.2, 0) is 6.54 Å². The molecule has 3 aromatic rings. The zero-order valence-corrected chi connectivity index (χ0v) is 10.5. The lowest BCUT2D eigenvalue weighted by molar-refractivity contribution is 0.585. The zero-order valence-electron chi connectivity index (χ0n) is 10.5. The average Bonchev–Trinajstić information content (AvgIpc) is 2.46. The van der Waals surface area contributed by atoms with Crippen LogP contribution in [0.3, 0.4) is 0 Å². The lowest BCUT2D eigenvalue weighted by Crippen LogP contribution is -2.02. The number of halogens is 2. The summed E-state index contributed by atoms with van der Waals surface area (Å²) in [4.78, 5) is 8.39. The Morgan fingerprint density at radius 2 is 1.70 bits per heavy atom. The van der Waals surface area contributed by atoms with Gasteiger partial charge < -0.3 is 5.32 Å². The monoisotopic (exact) mass is 271 g/mol. The van der Waals surface area contributed by atoms with Gasteiger partial charge in [0.2, 0.25) is 0 Å². The van der Waals surface area contributed by atoms with Crippen LogP contribution >= 0.6 is 0 Å². The SMILES string of the molecule is Fc1ccc(NCc2ccc3nccnc3c2)c(F)c1. The molecule has 0 saturated carbocycles. The molecule has 0 aliphatic rings. The number of fused-ring (bicyclic) bond motifs is 1. The first-order valence-corrected chi connectivity index (χ1v) is 6.11. The highest BCUT2D eigenvalue weighted by Gasteiger charge is 2.04. The van der Waals surface area contributed by atoms with Crippen LogP contribution in [0.15, 0.2) is 48.8 Å². The number of hydrogen-bond donors (Lipinski definition) is 1. The van der Waals surface area contributed by atoms with E-state index in [-0.39, 0.29) is 5.69 Å². The third-order valence-electron chi connectivity index (χ3n) is 2.95. The minimum atomic E-state index is -0.606. The minimum Gasteiger partial charge on any atom is -0.379 e. The topological polar surface area (TPSA) is 37.8 Å². The van der Waals surface area contributed by atoms with Crippen molar-refractivity contribution in [3.8, 4) is 0 Å². The Hall–Kier alpha value is -2.56. The molecule has 0 aliphatic carbocycles. The highest BCUT2D eigenvalue weighted by atomic mass is 19.1. The number of anilines is 1. The van der Waals surface area contributed by atoms with Crippen LogP contribution in [0.5, 0.6) is 0 Å². The van der Waals surface area contributed by atoms with Gasteiger partial charge in [0.05, 0.1) is 16.7 Å². The third kappa shape index (κ3) is 2.56. The van der Waals surface area contributed by atoms with Crippen LogP contribution in [0.1, 0.15) is 5.56 Å². The van der Waals surface area contributed by atoms with Gasteiger partial charge in [-0.15, -0.1) is 0 Å². The van der Waals surface area contributed by atoms with Crippen molar-refractivity contribution in [2.24, 2.45) is 0 Å². The van der Waals surface area contributed by atoms with Crippen molar-refractivity contribution in [3.05, 3.63) is 66.0 Å². The molecule has 100 valence electrons. The smallest absolute Gasteiger partial charge is 0.149 e. The Balaban J connectivity index is 1.79. The molecular weight excluding hydrogens is 260 g/mol. The van der Waals surface area contributed by atoms with Crippen LogP contribution < -0.4 is 5.32 Å². The van der Waals surface area contributed by atoms with Gasteiger partial charge in [0, 0.05) is 25.0 Å². The maximum atomic E-state index is 13.5.